The van der Waals surface area contributed by atoms with Crippen LogP contribution in [-0.4, -0.2) is 5.54 Å². The van der Waals surface area contributed by atoms with Gasteiger partial charge in [-0.25, -0.2) is 4.39 Å². The van der Waals surface area contributed by atoms with Gasteiger partial charge in [-0.15, -0.1) is 12.4 Å². The Morgan fingerprint density at radius 3 is 2.73 bits per heavy atom. The van der Waals surface area contributed by atoms with E-state index in [1.54, 1.807) is 6.07 Å². The first kappa shape index (κ1) is 12.3. The van der Waals surface area contributed by atoms with Crippen LogP contribution >= 0.6 is 12.4 Å². The maximum absolute atomic E-state index is 13.0. The van der Waals surface area contributed by atoms with Crippen LogP contribution in [0, 0.1) is 5.82 Å². The Morgan fingerprint density at radius 1 is 1.40 bits per heavy atom. The van der Waals surface area contributed by atoms with Crippen molar-refractivity contribution in [2.75, 3.05) is 5.32 Å². The van der Waals surface area contributed by atoms with E-state index in [-0.39, 0.29) is 23.8 Å². The molecule has 0 radical (unpaired) electrons. The van der Waals surface area contributed by atoms with Crippen LogP contribution in [0.2, 0.25) is 0 Å². The number of rotatable bonds is 0. The number of hydrogen-bond acceptors (Lipinski definition) is 1. The average Bonchev–Trinajstić information content (AvgIpc) is 2.00. The highest BCUT2D eigenvalue weighted by molar-refractivity contribution is 5.85. The topological polar surface area (TPSA) is 12.0 Å². The van der Waals surface area contributed by atoms with Gasteiger partial charge in [-0.3, -0.25) is 0 Å². The molecule has 0 saturated heterocycles. The fourth-order valence-electron chi connectivity index (χ4n) is 2.36. The van der Waals surface area contributed by atoms with Gasteiger partial charge in [-0.2, -0.15) is 0 Å². The lowest BCUT2D eigenvalue weighted by molar-refractivity contribution is 0.453. The molecule has 15 heavy (non-hydrogen) atoms. The van der Waals surface area contributed by atoms with E-state index in [9.17, 15) is 4.39 Å². The molecule has 1 unspecified atom stereocenters. The molecular weight excluding hydrogens is 213 g/mol. The summed E-state index contributed by atoms with van der Waals surface area (Å²) in [6.07, 6.45) is 1.09. The number of benzene rings is 1. The molecule has 0 amide bonds. The van der Waals surface area contributed by atoms with Crippen LogP contribution in [0.1, 0.15) is 38.7 Å². The minimum Gasteiger partial charge on any atom is -0.380 e. The number of nitrogens with one attached hydrogen (secondary N) is 1. The lowest BCUT2D eigenvalue weighted by Crippen LogP contribution is -2.36. The molecule has 0 spiro atoms. The van der Waals surface area contributed by atoms with Crippen LogP contribution in [-0.2, 0) is 0 Å². The van der Waals surface area contributed by atoms with E-state index in [1.807, 2.05) is 6.07 Å². The van der Waals surface area contributed by atoms with Gasteiger partial charge in [0.2, 0.25) is 0 Å². The molecule has 0 saturated carbocycles. The van der Waals surface area contributed by atoms with E-state index < -0.39 is 0 Å². The molecule has 0 aromatic heterocycles. The van der Waals surface area contributed by atoms with Gasteiger partial charge < -0.3 is 5.32 Å². The van der Waals surface area contributed by atoms with Crippen molar-refractivity contribution in [2.45, 2.75) is 38.6 Å². The molecule has 1 heterocycles. The number of anilines is 1. The first-order valence-electron chi connectivity index (χ1n) is 5.05. The van der Waals surface area contributed by atoms with E-state index >= 15 is 0 Å². The van der Waals surface area contributed by atoms with Gasteiger partial charge in [-0.05, 0) is 43.9 Å². The highest BCUT2D eigenvalue weighted by atomic mass is 35.5. The maximum Gasteiger partial charge on any atom is 0.125 e. The first-order chi connectivity index (χ1) is 6.48. The van der Waals surface area contributed by atoms with Gasteiger partial charge in [0.1, 0.15) is 5.82 Å². The predicted molar refractivity (Wildman–Crippen MR) is 64.4 cm³/mol. The molecule has 0 fully saturated rings. The van der Waals surface area contributed by atoms with Gasteiger partial charge in [0, 0.05) is 11.2 Å². The number of halogens is 2. The van der Waals surface area contributed by atoms with Crippen LogP contribution in [0.15, 0.2) is 18.2 Å². The zero-order chi connectivity index (χ0) is 10.3. The molecule has 84 valence electrons. The highest BCUT2D eigenvalue weighted by Crippen LogP contribution is 2.38. The first-order valence-corrected chi connectivity index (χ1v) is 5.05. The van der Waals surface area contributed by atoms with Crippen molar-refractivity contribution in [3.05, 3.63) is 29.6 Å². The lowest BCUT2D eigenvalue weighted by atomic mass is 9.82. The normalized spacial score (nSPS) is 22.3. The van der Waals surface area contributed by atoms with Gasteiger partial charge in [0.05, 0.1) is 0 Å². The minimum absolute atomic E-state index is 0. The molecule has 1 aromatic carbocycles. The Labute approximate surface area is 96.5 Å². The second kappa shape index (κ2) is 4.01. The fourth-order valence-corrected chi connectivity index (χ4v) is 2.36. The Kier molecular flexibility index (Phi) is 3.29. The van der Waals surface area contributed by atoms with Gasteiger partial charge in [0.15, 0.2) is 0 Å². The Balaban J connectivity index is 0.00000112. The summed E-state index contributed by atoms with van der Waals surface area (Å²) in [7, 11) is 0. The van der Waals surface area contributed by atoms with Crippen LogP contribution < -0.4 is 5.32 Å². The quantitative estimate of drug-likeness (QED) is 0.711. The van der Waals surface area contributed by atoms with Crippen LogP contribution in [0.3, 0.4) is 0 Å². The van der Waals surface area contributed by atoms with Gasteiger partial charge >= 0.3 is 0 Å². The zero-order valence-corrected chi connectivity index (χ0v) is 10.1. The van der Waals surface area contributed by atoms with Crippen LogP contribution in [0.4, 0.5) is 10.1 Å². The Hall–Kier alpha value is -0.760. The van der Waals surface area contributed by atoms with Crippen LogP contribution in [0.25, 0.3) is 0 Å². The van der Waals surface area contributed by atoms with Crippen molar-refractivity contribution in [1.29, 1.82) is 0 Å². The minimum atomic E-state index is -0.166. The summed E-state index contributed by atoms with van der Waals surface area (Å²) in [6, 6.07) is 5.01. The molecule has 1 aromatic rings. The molecule has 0 aliphatic carbocycles. The SMILES string of the molecule is CC1CC(C)(C)Nc2cc(F)ccc21.Cl. The van der Waals surface area contributed by atoms with Gasteiger partial charge in [-0.1, -0.05) is 13.0 Å². The summed E-state index contributed by atoms with van der Waals surface area (Å²) in [6.45, 7) is 6.49. The monoisotopic (exact) mass is 229 g/mol. The fraction of sp³-hybridized carbons (Fsp3) is 0.500. The van der Waals surface area contributed by atoms with Crippen molar-refractivity contribution >= 4 is 18.1 Å². The van der Waals surface area contributed by atoms with Crippen molar-refractivity contribution in [2.24, 2.45) is 0 Å². The molecule has 0 bridgehead atoms. The second-order valence-electron chi connectivity index (χ2n) is 4.85. The van der Waals surface area contributed by atoms with E-state index in [0.717, 1.165) is 12.1 Å². The summed E-state index contributed by atoms with van der Waals surface area (Å²) in [5, 5.41) is 3.37. The average molecular weight is 230 g/mol. The zero-order valence-electron chi connectivity index (χ0n) is 9.30. The lowest BCUT2D eigenvalue weighted by Gasteiger charge is -2.37. The molecule has 1 N–H and O–H groups in total. The third-order valence-corrected chi connectivity index (χ3v) is 2.84. The molecule has 1 nitrogen and oxygen atoms in total. The van der Waals surface area contributed by atoms with Crippen LogP contribution in [0.5, 0.6) is 0 Å². The van der Waals surface area contributed by atoms with Gasteiger partial charge in [0.25, 0.3) is 0 Å². The summed E-state index contributed by atoms with van der Waals surface area (Å²) in [5.74, 6) is 0.336. The molecule has 3 heteroatoms. The summed E-state index contributed by atoms with van der Waals surface area (Å²) in [5.41, 5.74) is 2.25. The van der Waals surface area contributed by atoms with E-state index in [0.29, 0.717) is 5.92 Å². The van der Waals surface area contributed by atoms with Crippen molar-refractivity contribution in [3.63, 3.8) is 0 Å². The number of fused-ring (bicyclic) bond motifs is 1. The third-order valence-electron chi connectivity index (χ3n) is 2.84. The molecular formula is C12H17ClFN. The van der Waals surface area contributed by atoms with E-state index in [4.69, 9.17) is 0 Å². The van der Waals surface area contributed by atoms with Crippen molar-refractivity contribution in [1.82, 2.24) is 0 Å². The standard InChI is InChI=1S/C12H16FN.ClH/c1-8-7-12(2,3)14-11-6-9(13)4-5-10(8)11;/h4-6,8,14H,7H2,1-3H3;1H. The third kappa shape index (κ3) is 2.43. The van der Waals surface area contributed by atoms with E-state index in [2.05, 4.69) is 26.1 Å². The maximum atomic E-state index is 13.0. The summed E-state index contributed by atoms with van der Waals surface area (Å²) < 4.78 is 13.0. The Bertz CT molecular complexity index is 363. The molecule has 1 atom stereocenters. The smallest absolute Gasteiger partial charge is 0.125 e. The summed E-state index contributed by atoms with van der Waals surface area (Å²) in [4.78, 5) is 0. The Morgan fingerprint density at radius 2 is 2.07 bits per heavy atom. The summed E-state index contributed by atoms with van der Waals surface area (Å²) >= 11 is 0. The number of hydrogen-bond donors (Lipinski definition) is 1. The van der Waals surface area contributed by atoms with E-state index in [1.165, 1.54) is 11.6 Å². The van der Waals surface area contributed by atoms with Crippen molar-refractivity contribution < 1.29 is 4.39 Å². The molecule has 1 aliphatic rings. The molecule has 1 aliphatic heterocycles. The second-order valence-corrected chi connectivity index (χ2v) is 4.85. The van der Waals surface area contributed by atoms with Crippen molar-refractivity contribution in [3.8, 4) is 0 Å². The predicted octanol–water partition coefficient (Wildman–Crippen LogP) is 3.95. The largest absolute Gasteiger partial charge is 0.380 e. The molecule has 2 rings (SSSR count). The highest BCUT2D eigenvalue weighted by Gasteiger charge is 2.28.